The number of nitrogens with one attached hydrogen (secondary N) is 1. The SMILES string of the molecule is c1cnc(N[C@H]2CC[C@@H](Oc3nc(N4CCOCC4)cc4ncnn34)CC2)nc1. The number of anilines is 2. The third kappa shape index (κ3) is 4.07. The van der Waals surface area contributed by atoms with Crippen LogP contribution in [0.5, 0.6) is 6.01 Å². The first-order valence-corrected chi connectivity index (χ1v) is 10.1. The molecule has 0 aromatic carbocycles. The molecule has 0 unspecified atom stereocenters. The van der Waals surface area contributed by atoms with Gasteiger partial charge in [-0.05, 0) is 31.7 Å². The van der Waals surface area contributed by atoms with Crippen LogP contribution in [0.3, 0.4) is 0 Å². The third-order valence-electron chi connectivity index (χ3n) is 5.40. The second-order valence-electron chi connectivity index (χ2n) is 7.33. The number of hydrogen-bond acceptors (Lipinski definition) is 9. The fourth-order valence-corrected chi connectivity index (χ4v) is 3.85. The summed E-state index contributed by atoms with van der Waals surface area (Å²) in [6, 6.07) is 4.63. The van der Waals surface area contributed by atoms with E-state index in [9.17, 15) is 0 Å². The van der Waals surface area contributed by atoms with Gasteiger partial charge in [-0.1, -0.05) is 0 Å². The molecule has 0 bridgehead atoms. The van der Waals surface area contributed by atoms with Gasteiger partial charge in [-0.25, -0.2) is 15.0 Å². The second-order valence-corrected chi connectivity index (χ2v) is 7.33. The molecule has 0 atom stereocenters. The van der Waals surface area contributed by atoms with Crippen LogP contribution in [0, 0.1) is 0 Å². The van der Waals surface area contributed by atoms with Crippen molar-refractivity contribution in [3.63, 3.8) is 0 Å². The highest BCUT2D eigenvalue weighted by molar-refractivity contribution is 5.52. The van der Waals surface area contributed by atoms with E-state index in [1.807, 2.05) is 12.1 Å². The quantitative estimate of drug-likeness (QED) is 0.688. The van der Waals surface area contributed by atoms with Gasteiger partial charge in [0.05, 0.1) is 13.2 Å². The molecule has 5 rings (SSSR count). The van der Waals surface area contributed by atoms with E-state index in [1.54, 1.807) is 16.9 Å². The molecule has 152 valence electrons. The van der Waals surface area contributed by atoms with Gasteiger partial charge in [0.15, 0.2) is 5.65 Å². The molecule has 1 saturated carbocycles. The molecule has 0 amide bonds. The molecule has 29 heavy (non-hydrogen) atoms. The molecule has 1 aliphatic carbocycles. The molecule has 1 aliphatic heterocycles. The van der Waals surface area contributed by atoms with Gasteiger partial charge in [-0.15, -0.1) is 0 Å². The zero-order valence-corrected chi connectivity index (χ0v) is 16.1. The highest BCUT2D eigenvalue weighted by Gasteiger charge is 2.25. The van der Waals surface area contributed by atoms with E-state index in [0.29, 0.717) is 31.2 Å². The fraction of sp³-hybridized carbons (Fsp3) is 0.526. The summed E-state index contributed by atoms with van der Waals surface area (Å²) in [5, 5.41) is 7.69. The lowest BCUT2D eigenvalue weighted by Crippen LogP contribution is -2.37. The largest absolute Gasteiger partial charge is 0.460 e. The van der Waals surface area contributed by atoms with E-state index in [-0.39, 0.29) is 6.10 Å². The molecule has 2 aliphatic rings. The second kappa shape index (κ2) is 8.16. The minimum absolute atomic E-state index is 0.101. The molecule has 2 fully saturated rings. The molecule has 10 heteroatoms. The van der Waals surface area contributed by atoms with Crippen molar-refractivity contribution in [1.29, 1.82) is 0 Å². The molecular formula is C19H24N8O2. The standard InChI is InChI=1S/C19H24N8O2/c1-6-20-18(21-7-1)24-14-2-4-15(5-3-14)29-19-25-17(26-8-10-28-11-9-26)12-16-22-13-23-27(16)19/h1,6-7,12-15H,2-5,8-11H2,(H,20,21,24)/t14-,15+. The number of morpholine rings is 1. The monoisotopic (exact) mass is 396 g/mol. The smallest absolute Gasteiger partial charge is 0.321 e. The number of nitrogens with zero attached hydrogens (tertiary/aromatic N) is 7. The summed E-state index contributed by atoms with van der Waals surface area (Å²) in [5.74, 6) is 1.54. The summed E-state index contributed by atoms with van der Waals surface area (Å²) in [6.07, 6.45) is 8.99. The van der Waals surface area contributed by atoms with Crippen LogP contribution in [-0.4, -0.2) is 68.0 Å². The van der Waals surface area contributed by atoms with E-state index < -0.39 is 0 Å². The Kier molecular flexibility index (Phi) is 5.08. The van der Waals surface area contributed by atoms with E-state index in [1.165, 1.54) is 6.33 Å². The number of ether oxygens (including phenoxy) is 2. The van der Waals surface area contributed by atoms with E-state index >= 15 is 0 Å². The summed E-state index contributed by atoms with van der Waals surface area (Å²) in [6.45, 7) is 3.04. The van der Waals surface area contributed by atoms with Gasteiger partial charge in [-0.2, -0.15) is 14.6 Å². The highest BCUT2D eigenvalue weighted by Crippen LogP contribution is 2.26. The normalized spacial score (nSPS) is 22.6. The van der Waals surface area contributed by atoms with Crippen molar-refractivity contribution >= 4 is 17.4 Å². The van der Waals surface area contributed by atoms with Crippen molar-refractivity contribution in [1.82, 2.24) is 29.5 Å². The molecule has 0 radical (unpaired) electrons. The van der Waals surface area contributed by atoms with Crippen LogP contribution in [0.15, 0.2) is 30.9 Å². The summed E-state index contributed by atoms with van der Waals surface area (Å²) < 4.78 is 13.4. The Morgan fingerprint density at radius 2 is 1.83 bits per heavy atom. The Balaban J connectivity index is 1.26. The molecular weight excluding hydrogens is 372 g/mol. The van der Waals surface area contributed by atoms with E-state index in [2.05, 4.69) is 30.3 Å². The highest BCUT2D eigenvalue weighted by atomic mass is 16.5. The minimum Gasteiger partial charge on any atom is -0.460 e. The van der Waals surface area contributed by atoms with Crippen molar-refractivity contribution in [2.75, 3.05) is 36.5 Å². The van der Waals surface area contributed by atoms with Gasteiger partial charge in [0.1, 0.15) is 18.2 Å². The lowest BCUT2D eigenvalue weighted by Gasteiger charge is -2.30. The van der Waals surface area contributed by atoms with E-state index in [0.717, 1.165) is 50.2 Å². The van der Waals surface area contributed by atoms with Gasteiger partial charge >= 0.3 is 6.01 Å². The van der Waals surface area contributed by atoms with Gasteiger partial charge in [-0.3, -0.25) is 0 Å². The summed E-state index contributed by atoms with van der Waals surface area (Å²) in [7, 11) is 0. The number of hydrogen-bond donors (Lipinski definition) is 1. The fourth-order valence-electron chi connectivity index (χ4n) is 3.85. The number of rotatable bonds is 5. The molecule has 1 saturated heterocycles. The van der Waals surface area contributed by atoms with Crippen LogP contribution in [0.1, 0.15) is 25.7 Å². The van der Waals surface area contributed by atoms with Crippen LogP contribution in [0.2, 0.25) is 0 Å². The van der Waals surface area contributed by atoms with Crippen molar-refractivity contribution in [3.8, 4) is 6.01 Å². The Morgan fingerprint density at radius 3 is 2.62 bits per heavy atom. The Bertz CT molecular complexity index is 936. The Labute approximate surface area is 168 Å². The number of fused-ring (bicyclic) bond motifs is 1. The lowest BCUT2D eigenvalue weighted by molar-refractivity contribution is 0.121. The maximum atomic E-state index is 6.29. The zero-order valence-electron chi connectivity index (χ0n) is 16.1. The summed E-state index contributed by atoms with van der Waals surface area (Å²) in [4.78, 5) is 19.8. The van der Waals surface area contributed by atoms with Crippen LogP contribution in [0.4, 0.5) is 11.8 Å². The molecule has 0 spiro atoms. The van der Waals surface area contributed by atoms with Crippen molar-refractivity contribution in [3.05, 3.63) is 30.9 Å². The van der Waals surface area contributed by atoms with Crippen molar-refractivity contribution < 1.29 is 9.47 Å². The van der Waals surface area contributed by atoms with Gasteiger partial charge in [0.25, 0.3) is 0 Å². The predicted octanol–water partition coefficient (Wildman–Crippen LogP) is 1.55. The first-order valence-electron chi connectivity index (χ1n) is 10.1. The van der Waals surface area contributed by atoms with Crippen molar-refractivity contribution in [2.24, 2.45) is 0 Å². The maximum Gasteiger partial charge on any atom is 0.321 e. The van der Waals surface area contributed by atoms with Gasteiger partial charge in [0, 0.05) is 37.6 Å². The maximum absolute atomic E-state index is 6.29. The number of aromatic nitrogens is 6. The van der Waals surface area contributed by atoms with Gasteiger partial charge < -0.3 is 19.7 Å². The van der Waals surface area contributed by atoms with Crippen LogP contribution >= 0.6 is 0 Å². The third-order valence-corrected chi connectivity index (χ3v) is 5.40. The minimum atomic E-state index is 0.101. The molecule has 3 aromatic heterocycles. The van der Waals surface area contributed by atoms with Crippen LogP contribution in [-0.2, 0) is 4.74 Å². The average Bonchev–Trinajstić information content (AvgIpc) is 3.26. The van der Waals surface area contributed by atoms with Crippen LogP contribution in [0.25, 0.3) is 5.65 Å². The zero-order chi connectivity index (χ0) is 19.5. The van der Waals surface area contributed by atoms with Gasteiger partial charge in [0.2, 0.25) is 5.95 Å². The Hall–Kier alpha value is -3.01. The summed E-state index contributed by atoms with van der Waals surface area (Å²) >= 11 is 0. The lowest BCUT2D eigenvalue weighted by atomic mass is 9.93. The van der Waals surface area contributed by atoms with E-state index in [4.69, 9.17) is 14.5 Å². The summed E-state index contributed by atoms with van der Waals surface area (Å²) in [5.41, 5.74) is 0.744. The first kappa shape index (κ1) is 18.0. The average molecular weight is 396 g/mol. The molecule has 1 N–H and O–H groups in total. The molecule has 3 aromatic rings. The molecule has 10 nitrogen and oxygen atoms in total. The first-order chi connectivity index (χ1) is 14.3. The topological polar surface area (TPSA) is 103 Å². The predicted molar refractivity (Wildman–Crippen MR) is 106 cm³/mol. The Morgan fingerprint density at radius 1 is 1.03 bits per heavy atom. The molecule has 4 heterocycles. The van der Waals surface area contributed by atoms with Crippen LogP contribution < -0.4 is 15.0 Å². The van der Waals surface area contributed by atoms with Crippen molar-refractivity contribution in [2.45, 2.75) is 37.8 Å².